The minimum absolute atomic E-state index is 0.402. The number of ether oxygens (including phenoxy) is 4. The lowest BCUT2D eigenvalue weighted by Gasteiger charge is -2.43. The van der Waals surface area contributed by atoms with Crippen molar-refractivity contribution in [3.63, 3.8) is 0 Å². The molecule has 0 saturated heterocycles. The Bertz CT molecular complexity index is 945. The van der Waals surface area contributed by atoms with E-state index in [-0.39, 0.29) is 0 Å². The van der Waals surface area contributed by atoms with E-state index in [9.17, 15) is 4.79 Å². The molecular weight excluding hydrogens is 394 g/mol. The van der Waals surface area contributed by atoms with Crippen molar-refractivity contribution in [1.29, 1.82) is 0 Å². The van der Waals surface area contributed by atoms with Gasteiger partial charge in [-0.1, -0.05) is 17.7 Å². The second kappa shape index (κ2) is 9.43. The molecule has 2 aromatic carbocycles. The van der Waals surface area contributed by atoms with E-state index in [0.717, 1.165) is 33.9 Å². The Morgan fingerprint density at radius 2 is 1.84 bits per heavy atom. The molecule has 6 nitrogen and oxygen atoms in total. The van der Waals surface area contributed by atoms with Crippen molar-refractivity contribution in [1.82, 2.24) is 0 Å². The monoisotopic (exact) mass is 425 g/mol. The van der Waals surface area contributed by atoms with E-state index < -0.39 is 23.8 Å². The first-order valence-electron chi connectivity index (χ1n) is 10.3. The third-order valence-corrected chi connectivity index (χ3v) is 5.21. The van der Waals surface area contributed by atoms with Crippen LogP contribution in [0.1, 0.15) is 44.9 Å². The van der Waals surface area contributed by atoms with Crippen molar-refractivity contribution < 1.29 is 23.7 Å². The van der Waals surface area contributed by atoms with Gasteiger partial charge in [-0.25, -0.2) is 4.79 Å². The average Bonchev–Trinajstić information content (AvgIpc) is 2.72. The number of carbonyl (C=O) groups is 1. The molecule has 6 heteroatoms. The lowest BCUT2D eigenvalue weighted by Crippen LogP contribution is -2.51. The standard InChI is InChI=1S/C25H31NO5/c1-16(2)13-22(27)30-24-23(29-6)20-14-18(9-12-21(20)31-25(24,3)4)26-15-17-7-10-19(28-5)11-8-17/h7-14,23-24,26H,15H2,1-6H3. The lowest BCUT2D eigenvalue weighted by molar-refractivity contribution is -0.175. The zero-order valence-electron chi connectivity index (χ0n) is 19.0. The number of rotatable bonds is 7. The fourth-order valence-corrected chi connectivity index (χ4v) is 3.64. The van der Waals surface area contributed by atoms with E-state index in [4.69, 9.17) is 18.9 Å². The molecule has 1 N–H and O–H groups in total. The van der Waals surface area contributed by atoms with Gasteiger partial charge in [0.2, 0.25) is 0 Å². The summed E-state index contributed by atoms with van der Waals surface area (Å²) in [6.45, 7) is 8.17. The summed E-state index contributed by atoms with van der Waals surface area (Å²) in [5, 5.41) is 3.43. The molecule has 31 heavy (non-hydrogen) atoms. The molecule has 0 amide bonds. The Morgan fingerprint density at radius 3 is 2.45 bits per heavy atom. The minimum Gasteiger partial charge on any atom is -0.497 e. The average molecular weight is 426 g/mol. The molecule has 0 aliphatic carbocycles. The van der Waals surface area contributed by atoms with Crippen molar-refractivity contribution in [2.24, 2.45) is 0 Å². The van der Waals surface area contributed by atoms with Crippen molar-refractivity contribution in [2.45, 2.75) is 52.0 Å². The second-order valence-electron chi connectivity index (χ2n) is 8.40. The lowest BCUT2D eigenvalue weighted by atomic mass is 9.88. The van der Waals surface area contributed by atoms with Gasteiger partial charge in [-0.15, -0.1) is 0 Å². The van der Waals surface area contributed by atoms with Gasteiger partial charge in [-0.05, 0) is 63.6 Å². The number of benzene rings is 2. The summed E-state index contributed by atoms with van der Waals surface area (Å²) in [6.07, 6.45) is 0.437. The molecule has 0 radical (unpaired) electrons. The third-order valence-electron chi connectivity index (χ3n) is 5.21. The number of carbonyl (C=O) groups excluding carboxylic acids is 1. The number of anilines is 1. The Kier molecular flexibility index (Phi) is 6.91. The quantitative estimate of drug-likeness (QED) is 0.495. The van der Waals surface area contributed by atoms with E-state index in [2.05, 4.69) is 5.32 Å². The van der Waals surface area contributed by atoms with Crippen molar-refractivity contribution in [2.75, 3.05) is 19.5 Å². The maximum Gasteiger partial charge on any atom is 0.331 e. The van der Waals surface area contributed by atoms with Crippen LogP contribution in [0.4, 0.5) is 5.69 Å². The highest BCUT2D eigenvalue weighted by atomic mass is 16.6. The van der Waals surface area contributed by atoms with Crippen LogP contribution < -0.4 is 14.8 Å². The predicted octanol–water partition coefficient (Wildman–Crippen LogP) is 5.04. The van der Waals surface area contributed by atoms with Crippen LogP contribution in [0.5, 0.6) is 11.5 Å². The molecule has 2 aromatic rings. The van der Waals surface area contributed by atoms with Gasteiger partial charge in [0.15, 0.2) is 6.10 Å². The second-order valence-corrected chi connectivity index (χ2v) is 8.40. The van der Waals surface area contributed by atoms with E-state index in [1.807, 2.05) is 70.2 Å². The van der Waals surface area contributed by atoms with Gasteiger partial charge in [-0.2, -0.15) is 0 Å². The molecule has 1 heterocycles. The molecule has 0 fully saturated rings. The van der Waals surface area contributed by atoms with Gasteiger partial charge < -0.3 is 24.3 Å². The SMILES string of the molecule is COc1ccc(CNc2ccc3c(c2)C(OC)C(OC(=O)C=C(C)C)C(C)(C)O3)cc1. The van der Waals surface area contributed by atoms with Gasteiger partial charge in [-0.3, -0.25) is 0 Å². The highest BCUT2D eigenvalue weighted by Gasteiger charge is 2.47. The van der Waals surface area contributed by atoms with Gasteiger partial charge in [0, 0.05) is 31.0 Å². The van der Waals surface area contributed by atoms with E-state index >= 15 is 0 Å². The van der Waals surface area contributed by atoms with Gasteiger partial charge in [0.25, 0.3) is 0 Å². The van der Waals surface area contributed by atoms with Crippen molar-refractivity contribution >= 4 is 11.7 Å². The van der Waals surface area contributed by atoms with E-state index in [0.29, 0.717) is 6.54 Å². The number of hydrogen-bond acceptors (Lipinski definition) is 6. The van der Waals surface area contributed by atoms with Gasteiger partial charge >= 0.3 is 5.97 Å². The van der Waals surface area contributed by atoms with Crippen LogP contribution in [0.15, 0.2) is 54.1 Å². The summed E-state index contributed by atoms with van der Waals surface area (Å²) in [6, 6.07) is 13.8. The molecule has 0 aromatic heterocycles. The molecule has 1 aliphatic rings. The summed E-state index contributed by atoms with van der Waals surface area (Å²) < 4.78 is 23.0. The summed E-state index contributed by atoms with van der Waals surface area (Å²) in [4.78, 5) is 12.3. The zero-order valence-corrected chi connectivity index (χ0v) is 19.0. The van der Waals surface area contributed by atoms with Crippen LogP contribution in [0.2, 0.25) is 0 Å². The molecule has 2 atom stereocenters. The molecular formula is C25H31NO5. The number of allylic oxidation sites excluding steroid dienone is 1. The normalized spacial score (nSPS) is 18.9. The molecule has 0 bridgehead atoms. The van der Waals surface area contributed by atoms with Crippen LogP contribution in [-0.2, 0) is 20.8 Å². The highest BCUT2D eigenvalue weighted by Crippen LogP contribution is 2.44. The first-order chi connectivity index (χ1) is 14.7. The van der Waals surface area contributed by atoms with Crippen LogP contribution in [0, 0.1) is 0 Å². The molecule has 2 unspecified atom stereocenters. The van der Waals surface area contributed by atoms with Crippen molar-refractivity contribution in [3.8, 4) is 11.5 Å². The van der Waals surface area contributed by atoms with Crippen LogP contribution in [-0.4, -0.2) is 31.9 Å². The van der Waals surface area contributed by atoms with E-state index in [1.165, 1.54) is 6.08 Å². The molecule has 1 aliphatic heterocycles. The first kappa shape index (κ1) is 22.7. The summed E-state index contributed by atoms with van der Waals surface area (Å²) in [5.41, 5.74) is 3.04. The third kappa shape index (κ3) is 5.39. The largest absolute Gasteiger partial charge is 0.497 e. The fourth-order valence-electron chi connectivity index (χ4n) is 3.64. The van der Waals surface area contributed by atoms with Gasteiger partial charge in [0.05, 0.1) is 7.11 Å². The maximum absolute atomic E-state index is 12.3. The van der Waals surface area contributed by atoms with Crippen LogP contribution in [0.3, 0.4) is 0 Å². The van der Waals surface area contributed by atoms with Crippen molar-refractivity contribution in [3.05, 3.63) is 65.2 Å². The maximum atomic E-state index is 12.3. The smallest absolute Gasteiger partial charge is 0.331 e. The minimum atomic E-state index is -0.739. The Labute approximate surface area is 184 Å². The van der Waals surface area contributed by atoms with E-state index in [1.54, 1.807) is 14.2 Å². The number of esters is 1. The Hall–Kier alpha value is -2.99. The number of hydrogen-bond donors (Lipinski definition) is 1. The molecule has 3 rings (SSSR count). The van der Waals surface area contributed by atoms with Crippen LogP contribution >= 0.6 is 0 Å². The summed E-state index contributed by atoms with van der Waals surface area (Å²) >= 11 is 0. The topological polar surface area (TPSA) is 66.0 Å². The molecule has 0 spiro atoms. The fraction of sp³-hybridized carbons (Fsp3) is 0.400. The first-order valence-corrected chi connectivity index (χ1v) is 10.3. The zero-order chi connectivity index (χ0) is 22.6. The number of fused-ring (bicyclic) bond motifs is 1. The number of methoxy groups -OCH3 is 2. The Balaban J connectivity index is 1.81. The summed E-state index contributed by atoms with van der Waals surface area (Å²) in [5.74, 6) is 1.15. The number of nitrogens with one attached hydrogen (secondary N) is 1. The van der Waals surface area contributed by atoms with Gasteiger partial charge in [0.1, 0.15) is 23.2 Å². The predicted molar refractivity (Wildman–Crippen MR) is 121 cm³/mol. The summed E-state index contributed by atoms with van der Waals surface area (Å²) in [7, 11) is 3.27. The highest BCUT2D eigenvalue weighted by molar-refractivity contribution is 5.83. The molecule has 0 saturated carbocycles. The molecule has 166 valence electrons. The van der Waals surface area contributed by atoms with Crippen LogP contribution in [0.25, 0.3) is 0 Å². The Morgan fingerprint density at radius 1 is 1.13 bits per heavy atom.